The third-order valence-corrected chi connectivity index (χ3v) is 5.70. The highest BCUT2D eigenvalue weighted by molar-refractivity contribution is 7.92. The van der Waals surface area contributed by atoms with E-state index < -0.39 is 28.4 Å². The van der Waals surface area contributed by atoms with Crippen LogP contribution in [0.2, 0.25) is 15.1 Å². The Morgan fingerprint density at radius 3 is 2.29 bits per heavy atom. The fourth-order valence-corrected chi connectivity index (χ4v) is 3.84. The third-order valence-electron chi connectivity index (χ3n) is 3.55. The molecule has 0 saturated heterocycles. The second-order valence-corrected chi connectivity index (χ2v) is 8.70. The van der Waals surface area contributed by atoms with E-state index in [1.165, 1.54) is 31.4 Å². The van der Waals surface area contributed by atoms with Gasteiger partial charge in [0.25, 0.3) is 0 Å². The molecule has 0 aliphatic carbocycles. The zero-order chi connectivity index (χ0) is 21.1. The average Bonchev–Trinajstić information content (AvgIpc) is 2.62. The number of nitrogens with one attached hydrogen (secondary N) is 1. The van der Waals surface area contributed by atoms with Crippen LogP contribution in [0.25, 0.3) is 0 Å². The van der Waals surface area contributed by atoms with Gasteiger partial charge in [0.2, 0.25) is 15.9 Å². The molecule has 0 aromatic heterocycles. The molecule has 0 heterocycles. The molecule has 2 rings (SSSR count). The fraction of sp³-hybridized carbons (Fsp3) is 0.176. The van der Waals surface area contributed by atoms with Crippen LogP contribution in [0.15, 0.2) is 36.4 Å². The molecule has 0 aliphatic rings. The van der Waals surface area contributed by atoms with Crippen LogP contribution >= 0.6 is 34.8 Å². The minimum atomic E-state index is -3.89. The van der Waals surface area contributed by atoms with Gasteiger partial charge in [0.05, 0.1) is 45.4 Å². The van der Waals surface area contributed by atoms with Crippen molar-refractivity contribution in [3.63, 3.8) is 0 Å². The topological polar surface area (TPSA) is 92.8 Å². The molecule has 1 N–H and O–H groups in total. The first-order chi connectivity index (χ1) is 13.0. The Bertz CT molecular complexity index is 1030. The lowest BCUT2D eigenvalue weighted by atomic mass is 10.2. The molecule has 0 atom stereocenters. The Morgan fingerprint density at radius 2 is 1.68 bits per heavy atom. The number of methoxy groups -OCH3 is 1. The van der Waals surface area contributed by atoms with E-state index in [1.54, 1.807) is 12.1 Å². The molecule has 0 spiro atoms. The van der Waals surface area contributed by atoms with Crippen LogP contribution in [0.1, 0.15) is 10.4 Å². The number of benzene rings is 2. The molecule has 0 saturated carbocycles. The second kappa shape index (κ2) is 9.00. The predicted molar refractivity (Wildman–Crippen MR) is 110 cm³/mol. The third kappa shape index (κ3) is 5.29. The van der Waals surface area contributed by atoms with Crippen molar-refractivity contribution in [3.8, 4) is 0 Å². The Balaban J connectivity index is 2.34. The molecule has 0 unspecified atom stereocenters. The smallest absolute Gasteiger partial charge is 0.339 e. The Hall–Kier alpha value is -2.00. The van der Waals surface area contributed by atoms with E-state index in [0.717, 1.165) is 10.6 Å². The zero-order valence-corrected chi connectivity index (χ0v) is 17.8. The van der Waals surface area contributed by atoms with Crippen LogP contribution in [0.4, 0.5) is 11.4 Å². The van der Waals surface area contributed by atoms with Gasteiger partial charge in [-0.1, -0.05) is 46.9 Å². The van der Waals surface area contributed by atoms with Gasteiger partial charge in [0.1, 0.15) is 6.54 Å². The van der Waals surface area contributed by atoms with Crippen LogP contribution < -0.4 is 9.62 Å². The summed E-state index contributed by atoms with van der Waals surface area (Å²) in [5.74, 6) is -1.35. The number of sulfonamides is 1. The molecule has 2 aromatic carbocycles. The van der Waals surface area contributed by atoms with Gasteiger partial charge >= 0.3 is 5.97 Å². The van der Waals surface area contributed by atoms with Gasteiger partial charge in [-0.3, -0.25) is 9.10 Å². The molecule has 7 nitrogen and oxygen atoms in total. The minimum Gasteiger partial charge on any atom is -0.465 e. The van der Waals surface area contributed by atoms with Gasteiger partial charge in [0.15, 0.2) is 0 Å². The number of ether oxygens (including phenoxy) is 1. The summed E-state index contributed by atoms with van der Waals surface area (Å²) in [6, 6.07) is 8.69. The van der Waals surface area contributed by atoms with E-state index in [-0.39, 0.29) is 32.0 Å². The van der Waals surface area contributed by atoms with Gasteiger partial charge in [-0.15, -0.1) is 0 Å². The first-order valence-corrected chi connectivity index (χ1v) is 10.6. The molecular weight excluding hydrogens is 451 g/mol. The molecule has 28 heavy (non-hydrogen) atoms. The molecule has 1 amide bonds. The normalized spacial score (nSPS) is 11.0. The number of para-hydroxylation sites is 1. The molecule has 0 bridgehead atoms. The van der Waals surface area contributed by atoms with Crippen molar-refractivity contribution in [1.29, 1.82) is 0 Å². The predicted octanol–water partition coefficient (Wildman–Crippen LogP) is 3.84. The van der Waals surface area contributed by atoms with Crippen LogP contribution in [0.3, 0.4) is 0 Å². The van der Waals surface area contributed by atoms with Crippen LogP contribution in [-0.4, -0.2) is 40.2 Å². The van der Waals surface area contributed by atoms with Crippen molar-refractivity contribution in [1.82, 2.24) is 0 Å². The summed E-state index contributed by atoms with van der Waals surface area (Å²) in [6.45, 7) is -0.605. The average molecular weight is 466 g/mol. The van der Waals surface area contributed by atoms with E-state index in [9.17, 15) is 18.0 Å². The molecule has 0 aliphatic heterocycles. The van der Waals surface area contributed by atoms with Gasteiger partial charge in [0, 0.05) is 0 Å². The van der Waals surface area contributed by atoms with Crippen molar-refractivity contribution < 1.29 is 22.7 Å². The maximum Gasteiger partial charge on any atom is 0.339 e. The molecular formula is C17H15Cl3N2O5S. The highest BCUT2D eigenvalue weighted by Gasteiger charge is 2.25. The summed E-state index contributed by atoms with van der Waals surface area (Å²) >= 11 is 17.9. The lowest BCUT2D eigenvalue weighted by molar-refractivity contribution is -0.114. The second-order valence-electron chi connectivity index (χ2n) is 5.57. The summed E-state index contributed by atoms with van der Waals surface area (Å²) in [7, 11) is -2.69. The van der Waals surface area contributed by atoms with Gasteiger partial charge in [-0.2, -0.15) is 0 Å². The Morgan fingerprint density at radius 1 is 1.07 bits per heavy atom. The Kier molecular flexibility index (Phi) is 7.16. The summed E-state index contributed by atoms with van der Waals surface area (Å²) in [5.41, 5.74) is 0.292. The maximum atomic E-state index is 12.5. The maximum absolute atomic E-state index is 12.5. The largest absolute Gasteiger partial charge is 0.465 e. The first kappa shape index (κ1) is 22.3. The summed E-state index contributed by atoms with van der Waals surface area (Å²) in [6.07, 6.45) is 0.918. The van der Waals surface area contributed by atoms with Crippen LogP contribution in [-0.2, 0) is 19.6 Å². The number of esters is 1. The molecule has 2 aromatic rings. The summed E-state index contributed by atoms with van der Waals surface area (Å²) < 4.78 is 29.9. The highest BCUT2D eigenvalue weighted by Crippen LogP contribution is 2.35. The number of anilines is 2. The molecule has 11 heteroatoms. The summed E-state index contributed by atoms with van der Waals surface area (Å²) in [4.78, 5) is 24.3. The van der Waals surface area contributed by atoms with Crippen molar-refractivity contribution in [2.45, 2.75) is 0 Å². The number of hydrogen-bond acceptors (Lipinski definition) is 5. The number of hydrogen-bond donors (Lipinski definition) is 1. The van der Waals surface area contributed by atoms with Gasteiger partial charge in [-0.05, 0) is 24.3 Å². The summed E-state index contributed by atoms with van der Waals surface area (Å²) in [5, 5.41) is 2.71. The molecule has 0 radical (unpaired) electrons. The van der Waals surface area contributed by atoms with Crippen LogP contribution in [0, 0.1) is 0 Å². The first-order valence-electron chi connectivity index (χ1n) is 7.64. The van der Waals surface area contributed by atoms with E-state index in [4.69, 9.17) is 34.8 Å². The van der Waals surface area contributed by atoms with Crippen molar-refractivity contribution in [2.24, 2.45) is 0 Å². The zero-order valence-electron chi connectivity index (χ0n) is 14.7. The molecule has 150 valence electrons. The number of nitrogens with zero attached hydrogens (tertiary/aromatic N) is 1. The van der Waals surface area contributed by atoms with Gasteiger partial charge in [-0.25, -0.2) is 13.2 Å². The van der Waals surface area contributed by atoms with Crippen molar-refractivity contribution in [3.05, 3.63) is 57.0 Å². The van der Waals surface area contributed by atoms with Crippen LogP contribution in [0.5, 0.6) is 0 Å². The SMILES string of the molecule is COC(=O)c1ccccc1NC(=O)CN(c1cc(Cl)c(Cl)cc1Cl)S(C)(=O)=O. The van der Waals surface area contributed by atoms with Crippen molar-refractivity contribution in [2.75, 3.05) is 29.5 Å². The number of carbonyl (C=O) groups excluding carboxylic acids is 2. The molecule has 0 fully saturated rings. The fourth-order valence-electron chi connectivity index (χ4n) is 2.28. The minimum absolute atomic E-state index is 0.00239. The number of carbonyl (C=O) groups is 2. The lowest BCUT2D eigenvalue weighted by Crippen LogP contribution is -2.37. The monoisotopic (exact) mass is 464 g/mol. The van der Waals surface area contributed by atoms with E-state index in [1.807, 2.05) is 0 Å². The van der Waals surface area contributed by atoms with E-state index in [2.05, 4.69) is 10.1 Å². The van der Waals surface area contributed by atoms with E-state index >= 15 is 0 Å². The Labute approximate surface area is 177 Å². The number of halogens is 3. The quantitative estimate of drug-likeness (QED) is 0.517. The van der Waals surface area contributed by atoms with Crippen molar-refractivity contribution >= 4 is 68.1 Å². The highest BCUT2D eigenvalue weighted by atomic mass is 35.5. The van der Waals surface area contributed by atoms with Gasteiger partial charge < -0.3 is 10.1 Å². The number of rotatable bonds is 6. The number of amides is 1. The van der Waals surface area contributed by atoms with E-state index in [0.29, 0.717) is 0 Å². The standard InChI is InChI=1S/C17H15Cl3N2O5S/c1-27-17(24)10-5-3-4-6-14(10)21-16(23)9-22(28(2,25)26)15-8-12(19)11(18)7-13(15)20/h3-8H,9H2,1-2H3,(H,21,23). The lowest BCUT2D eigenvalue weighted by Gasteiger charge is -2.23.